The van der Waals surface area contributed by atoms with Crippen LogP contribution in [0.3, 0.4) is 0 Å². The van der Waals surface area contributed by atoms with Crippen molar-refractivity contribution in [3.8, 4) is 5.75 Å². The van der Waals surface area contributed by atoms with Gasteiger partial charge in [0.15, 0.2) is 0 Å². The van der Waals surface area contributed by atoms with E-state index < -0.39 is 47.9 Å². The van der Waals surface area contributed by atoms with Crippen molar-refractivity contribution in [3.63, 3.8) is 0 Å². The summed E-state index contributed by atoms with van der Waals surface area (Å²) in [7, 11) is 0. The van der Waals surface area contributed by atoms with Crippen molar-refractivity contribution in [1.29, 1.82) is 0 Å². The molecule has 0 spiro atoms. The van der Waals surface area contributed by atoms with Crippen molar-refractivity contribution in [1.82, 2.24) is 16.0 Å². The average molecular weight is 551 g/mol. The van der Waals surface area contributed by atoms with Crippen LogP contribution >= 0.6 is 0 Å². The number of phenolic OH excluding ortho intramolecular Hbond substituents is 1. The number of carboxylic acid groups (broad SMARTS) is 1. The molecule has 0 aromatic heterocycles. The van der Waals surface area contributed by atoms with Crippen LogP contribution in [0.2, 0.25) is 0 Å². The highest BCUT2D eigenvalue weighted by Crippen LogP contribution is 2.13. The highest BCUT2D eigenvalue weighted by atomic mass is 16.4. The number of amides is 3. The van der Waals surface area contributed by atoms with Gasteiger partial charge in [0.1, 0.15) is 23.9 Å². The Kier molecular flexibility index (Phi) is 15.7. The Morgan fingerprint density at radius 1 is 0.821 bits per heavy atom. The molecule has 12 nitrogen and oxygen atoms in total. The third-order valence-electron chi connectivity index (χ3n) is 6.66. The molecule has 0 saturated carbocycles. The number of carboxylic acids is 1. The molecule has 1 aromatic carbocycles. The van der Waals surface area contributed by atoms with Crippen LogP contribution in [0.4, 0.5) is 0 Å². The Hall–Kier alpha value is -3.22. The minimum atomic E-state index is -1.17. The van der Waals surface area contributed by atoms with Gasteiger partial charge < -0.3 is 43.4 Å². The van der Waals surface area contributed by atoms with Gasteiger partial charge in [-0.05, 0) is 81.6 Å². The molecule has 12 heteroatoms. The number of nitrogens with one attached hydrogen (secondary N) is 3. The van der Waals surface area contributed by atoms with Gasteiger partial charge in [-0.15, -0.1) is 0 Å². The van der Waals surface area contributed by atoms with Gasteiger partial charge in [0.25, 0.3) is 0 Å². The molecule has 11 N–H and O–H groups in total. The second-order valence-electron chi connectivity index (χ2n) is 9.88. The zero-order chi connectivity index (χ0) is 29.4. The number of phenols is 1. The number of hydrogen-bond acceptors (Lipinski definition) is 8. The van der Waals surface area contributed by atoms with Crippen LogP contribution in [-0.4, -0.2) is 71.2 Å². The smallest absolute Gasteiger partial charge is 0.326 e. The summed E-state index contributed by atoms with van der Waals surface area (Å²) in [5.74, 6) is -3.04. The van der Waals surface area contributed by atoms with Crippen molar-refractivity contribution in [2.24, 2.45) is 23.1 Å². The summed E-state index contributed by atoms with van der Waals surface area (Å²) in [5.41, 5.74) is 17.9. The molecule has 0 aliphatic rings. The lowest BCUT2D eigenvalue weighted by atomic mass is 9.96. The van der Waals surface area contributed by atoms with Gasteiger partial charge >= 0.3 is 5.97 Å². The van der Waals surface area contributed by atoms with Crippen molar-refractivity contribution >= 4 is 23.7 Å². The third kappa shape index (κ3) is 12.5. The summed E-state index contributed by atoms with van der Waals surface area (Å²) in [6.07, 6.45) is 3.56. The molecule has 0 aliphatic carbocycles. The number of aliphatic carboxylic acids is 1. The van der Waals surface area contributed by atoms with Crippen LogP contribution in [0.1, 0.15) is 64.4 Å². The maximum atomic E-state index is 13.3. The van der Waals surface area contributed by atoms with Crippen LogP contribution in [0.5, 0.6) is 5.75 Å². The van der Waals surface area contributed by atoms with E-state index in [1.165, 1.54) is 12.1 Å². The zero-order valence-electron chi connectivity index (χ0n) is 23.0. The predicted octanol–water partition coefficient (Wildman–Crippen LogP) is 0.105. The van der Waals surface area contributed by atoms with Gasteiger partial charge in [-0.25, -0.2) is 4.79 Å². The summed E-state index contributed by atoms with van der Waals surface area (Å²) < 4.78 is 0. The summed E-state index contributed by atoms with van der Waals surface area (Å²) >= 11 is 0. The van der Waals surface area contributed by atoms with Crippen LogP contribution < -0.4 is 33.2 Å². The van der Waals surface area contributed by atoms with Gasteiger partial charge in [0.2, 0.25) is 17.7 Å². The SMILES string of the molecule is CCC(C)C(NC(=O)C(N)Cc1ccc(O)cc1)C(=O)NC(CCCCN)C(=O)NC(CCCCN)C(=O)O. The number of unbranched alkanes of at least 4 members (excludes halogenated alkanes) is 2. The fourth-order valence-corrected chi connectivity index (χ4v) is 3.99. The van der Waals surface area contributed by atoms with Crippen LogP contribution in [-0.2, 0) is 25.6 Å². The Bertz CT molecular complexity index is 913. The number of nitrogens with two attached hydrogens (primary N) is 3. The molecule has 39 heavy (non-hydrogen) atoms. The molecule has 0 fully saturated rings. The summed E-state index contributed by atoms with van der Waals surface area (Å²) in [4.78, 5) is 51.0. The first-order chi connectivity index (χ1) is 18.5. The molecule has 0 saturated heterocycles. The minimum absolute atomic E-state index is 0.0977. The molecule has 0 heterocycles. The highest BCUT2D eigenvalue weighted by Gasteiger charge is 2.32. The molecule has 220 valence electrons. The second-order valence-corrected chi connectivity index (χ2v) is 9.88. The summed E-state index contributed by atoms with van der Waals surface area (Å²) in [6.45, 7) is 4.50. The molecular weight excluding hydrogens is 504 g/mol. The van der Waals surface area contributed by atoms with Crippen molar-refractivity contribution in [2.75, 3.05) is 13.1 Å². The van der Waals surface area contributed by atoms with E-state index in [4.69, 9.17) is 17.2 Å². The van der Waals surface area contributed by atoms with Crippen LogP contribution in [0, 0.1) is 5.92 Å². The van der Waals surface area contributed by atoms with Gasteiger partial charge in [-0.2, -0.15) is 0 Å². The number of carbonyl (C=O) groups excluding carboxylic acids is 3. The first kappa shape index (κ1) is 33.8. The fraction of sp³-hybridized carbons (Fsp3) is 0.630. The first-order valence-electron chi connectivity index (χ1n) is 13.6. The number of benzene rings is 1. The number of aromatic hydroxyl groups is 1. The topological polar surface area (TPSA) is 223 Å². The molecule has 5 unspecified atom stereocenters. The molecule has 0 radical (unpaired) electrons. The van der Waals surface area contributed by atoms with Gasteiger partial charge in [-0.3, -0.25) is 14.4 Å². The van der Waals surface area contributed by atoms with E-state index in [2.05, 4.69) is 16.0 Å². The summed E-state index contributed by atoms with van der Waals surface area (Å²) in [6, 6.07) is 2.30. The van der Waals surface area contributed by atoms with E-state index >= 15 is 0 Å². The van der Waals surface area contributed by atoms with E-state index in [1.807, 2.05) is 6.92 Å². The fourth-order valence-electron chi connectivity index (χ4n) is 3.99. The maximum absolute atomic E-state index is 13.3. The lowest BCUT2D eigenvalue weighted by Crippen LogP contribution is -2.58. The lowest BCUT2D eigenvalue weighted by molar-refractivity contribution is -0.142. The van der Waals surface area contributed by atoms with Crippen LogP contribution in [0.25, 0.3) is 0 Å². The molecule has 1 aromatic rings. The number of rotatable bonds is 19. The monoisotopic (exact) mass is 550 g/mol. The standard InChI is InChI=1S/C27H46N6O6/c1-3-17(2)23(33-24(35)20(30)16-18-10-12-19(34)13-11-18)26(37)31-21(8-4-6-14-28)25(36)32-22(27(38)39)9-5-7-15-29/h10-13,17,20-23,34H,3-9,14-16,28-30H2,1-2H3,(H,31,37)(H,32,36)(H,33,35)(H,38,39). The lowest BCUT2D eigenvalue weighted by Gasteiger charge is -2.28. The Morgan fingerprint density at radius 2 is 1.36 bits per heavy atom. The Morgan fingerprint density at radius 3 is 1.87 bits per heavy atom. The van der Waals surface area contributed by atoms with Crippen molar-refractivity contribution < 1.29 is 29.4 Å². The molecule has 5 atom stereocenters. The minimum Gasteiger partial charge on any atom is -0.508 e. The molecule has 3 amide bonds. The largest absolute Gasteiger partial charge is 0.508 e. The van der Waals surface area contributed by atoms with E-state index in [9.17, 15) is 29.4 Å². The molecule has 0 aliphatic heterocycles. The zero-order valence-corrected chi connectivity index (χ0v) is 23.0. The van der Waals surface area contributed by atoms with Gasteiger partial charge in [0.05, 0.1) is 6.04 Å². The van der Waals surface area contributed by atoms with Crippen LogP contribution in [0.15, 0.2) is 24.3 Å². The number of carbonyl (C=O) groups is 4. The number of hydrogen-bond donors (Lipinski definition) is 8. The van der Waals surface area contributed by atoms with Crippen molar-refractivity contribution in [3.05, 3.63) is 29.8 Å². The molecular formula is C27H46N6O6. The van der Waals surface area contributed by atoms with E-state index in [0.29, 0.717) is 45.2 Å². The Labute approximate surface area is 230 Å². The van der Waals surface area contributed by atoms with Gasteiger partial charge in [0, 0.05) is 0 Å². The molecule has 0 bridgehead atoms. The van der Waals surface area contributed by atoms with E-state index in [0.717, 1.165) is 5.56 Å². The van der Waals surface area contributed by atoms with Crippen molar-refractivity contribution in [2.45, 2.75) is 89.4 Å². The second kappa shape index (κ2) is 18.1. The molecule has 1 rings (SSSR count). The van der Waals surface area contributed by atoms with Gasteiger partial charge in [-0.1, -0.05) is 32.4 Å². The van der Waals surface area contributed by atoms with E-state index in [1.54, 1.807) is 19.1 Å². The quantitative estimate of drug-likeness (QED) is 0.109. The third-order valence-corrected chi connectivity index (χ3v) is 6.66. The normalized spacial score (nSPS) is 14.9. The van der Waals surface area contributed by atoms with E-state index in [-0.39, 0.29) is 30.9 Å². The Balaban J connectivity index is 2.97. The maximum Gasteiger partial charge on any atom is 0.326 e. The predicted molar refractivity (Wildman–Crippen MR) is 148 cm³/mol. The highest BCUT2D eigenvalue weighted by molar-refractivity contribution is 5.94. The average Bonchev–Trinajstić information content (AvgIpc) is 2.91. The first-order valence-corrected chi connectivity index (χ1v) is 13.6. The summed E-state index contributed by atoms with van der Waals surface area (Å²) in [5, 5.41) is 27.0.